The van der Waals surface area contributed by atoms with Gasteiger partial charge in [0, 0.05) is 5.56 Å². The minimum absolute atomic E-state index is 0.0175. The van der Waals surface area contributed by atoms with Gasteiger partial charge in [-0.2, -0.15) is 0 Å². The Morgan fingerprint density at radius 2 is 1.82 bits per heavy atom. The first kappa shape index (κ1) is 13.6. The average Bonchev–Trinajstić information content (AvgIpc) is 2.25. The van der Waals surface area contributed by atoms with Crippen molar-refractivity contribution in [1.82, 2.24) is 0 Å². The molecule has 0 aromatic heterocycles. The van der Waals surface area contributed by atoms with Gasteiger partial charge in [-0.15, -0.1) is 0 Å². The van der Waals surface area contributed by atoms with Gasteiger partial charge in [0.1, 0.15) is 11.5 Å². The number of benzene rings is 1. The second-order valence-corrected chi connectivity index (χ2v) is 4.43. The molecule has 3 nitrogen and oxygen atoms in total. The molecule has 0 aliphatic carbocycles. The zero-order valence-electron chi connectivity index (χ0n) is 11.4. The molecule has 0 radical (unpaired) electrons. The standard InChI is InChI=1S/C14H20O3/c1-8(2)12-11(16-5)7-9(3)13(10(4)15)14(12)17-6/h7-8H,1-6H3. The minimum Gasteiger partial charge on any atom is -0.496 e. The summed E-state index contributed by atoms with van der Waals surface area (Å²) in [5, 5.41) is 0. The lowest BCUT2D eigenvalue weighted by atomic mass is 9.93. The first-order valence-electron chi connectivity index (χ1n) is 5.70. The van der Waals surface area contributed by atoms with Gasteiger partial charge < -0.3 is 9.47 Å². The molecule has 1 rings (SSSR count). The van der Waals surface area contributed by atoms with E-state index in [1.54, 1.807) is 21.1 Å². The number of aryl methyl sites for hydroxylation is 1. The smallest absolute Gasteiger partial charge is 0.163 e. The molecule has 3 heteroatoms. The molecule has 0 saturated carbocycles. The fourth-order valence-electron chi connectivity index (χ4n) is 2.14. The summed E-state index contributed by atoms with van der Waals surface area (Å²) in [5.41, 5.74) is 2.48. The molecule has 0 heterocycles. The molecule has 0 unspecified atom stereocenters. The Balaban J connectivity index is 3.65. The lowest BCUT2D eigenvalue weighted by Gasteiger charge is -2.20. The van der Waals surface area contributed by atoms with Crippen LogP contribution in [0.25, 0.3) is 0 Å². The number of hydrogen-bond acceptors (Lipinski definition) is 3. The molecule has 0 spiro atoms. The first-order valence-corrected chi connectivity index (χ1v) is 5.70. The van der Waals surface area contributed by atoms with E-state index in [0.717, 1.165) is 16.9 Å². The minimum atomic E-state index is 0.0175. The summed E-state index contributed by atoms with van der Waals surface area (Å²) < 4.78 is 10.8. The van der Waals surface area contributed by atoms with Crippen molar-refractivity contribution in [3.8, 4) is 11.5 Å². The number of ether oxygens (including phenoxy) is 2. The molecule has 0 amide bonds. The van der Waals surface area contributed by atoms with Crippen LogP contribution in [-0.4, -0.2) is 20.0 Å². The molecule has 0 aliphatic rings. The summed E-state index contributed by atoms with van der Waals surface area (Å²) in [6, 6.07) is 1.90. The number of carbonyl (C=O) groups excluding carboxylic acids is 1. The van der Waals surface area contributed by atoms with E-state index in [9.17, 15) is 4.79 Å². The van der Waals surface area contributed by atoms with Crippen molar-refractivity contribution in [2.24, 2.45) is 0 Å². The SMILES string of the molecule is COc1cc(C)c(C(C)=O)c(OC)c1C(C)C. The molecule has 0 saturated heterocycles. The van der Waals surface area contributed by atoms with Gasteiger partial charge in [0.2, 0.25) is 0 Å². The fourth-order valence-corrected chi connectivity index (χ4v) is 2.14. The van der Waals surface area contributed by atoms with Crippen LogP contribution in [0, 0.1) is 6.92 Å². The van der Waals surface area contributed by atoms with Crippen molar-refractivity contribution in [3.63, 3.8) is 0 Å². The monoisotopic (exact) mass is 236 g/mol. The van der Waals surface area contributed by atoms with E-state index in [1.165, 1.54) is 0 Å². The van der Waals surface area contributed by atoms with Crippen molar-refractivity contribution in [1.29, 1.82) is 0 Å². The Morgan fingerprint density at radius 1 is 1.24 bits per heavy atom. The molecule has 0 atom stereocenters. The number of carbonyl (C=O) groups is 1. The molecular weight excluding hydrogens is 216 g/mol. The topological polar surface area (TPSA) is 35.5 Å². The van der Waals surface area contributed by atoms with Crippen molar-refractivity contribution in [3.05, 3.63) is 22.8 Å². The predicted octanol–water partition coefficient (Wildman–Crippen LogP) is 3.34. The lowest BCUT2D eigenvalue weighted by Crippen LogP contribution is -2.07. The normalized spacial score (nSPS) is 10.5. The maximum Gasteiger partial charge on any atom is 0.163 e. The highest BCUT2D eigenvalue weighted by Crippen LogP contribution is 2.39. The molecule has 1 aromatic carbocycles. The number of Topliss-reactive ketones (excluding diaryl/α,β-unsaturated/α-hetero) is 1. The van der Waals surface area contributed by atoms with Gasteiger partial charge in [-0.05, 0) is 31.4 Å². The molecule has 94 valence electrons. The number of methoxy groups -OCH3 is 2. The van der Waals surface area contributed by atoms with Crippen molar-refractivity contribution in [2.75, 3.05) is 14.2 Å². The van der Waals surface area contributed by atoms with E-state index in [-0.39, 0.29) is 11.7 Å². The summed E-state index contributed by atoms with van der Waals surface area (Å²) in [6.07, 6.45) is 0. The largest absolute Gasteiger partial charge is 0.496 e. The van der Waals surface area contributed by atoms with Crippen molar-refractivity contribution in [2.45, 2.75) is 33.6 Å². The molecule has 1 aromatic rings. The van der Waals surface area contributed by atoms with Crippen LogP contribution in [0.5, 0.6) is 11.5 Å². The summed E-state index contributed by atoms with van der Waals surface area (Å²) >= 11 is 0. The number of rotatable bonds is 4. The molecule has 0 aliphatic heterocycles. The molecule has 0 fully saturated rings. The zero-order valence-corrected chi connectivity index (χ0v) is 11.4. The van der Waals surface area contributed by atoms with Crippen LogP contribution in [0.2, 0.25) is 0 Å². The Kier molecular flexibility index (Phi) is 4.16. The van der Waals surface area contributed by atoms with Gasteiger partial charge in [0.05, 0.1) is 19.8 Å². The predicted molar refractivity (Wildman–Crippen MR) is 68.4 cm³/mol. The van der Waals surface area contributed by atoms with Crippen LogP contribution < -0.4 is 9.47 Å². The third-order valence-corrected chi connectivity index (χ3v) is 2.83. The van der Waals surface area contributed by atoms with Gasteiger partial charge in [-0.1, -0.05) is 13.8 Å². The average molecular weight is 236 g/mol. The zero-order chi connectivity index (χ0) is 13.2. The Bertz CT molecular complexity index is 434. The summed E-state index contributed by atoms with van der Waals surface area (Å²) in [4.78, 5) is 11.7. The maximum atomic E-state index is 11.7. The first-order chi connectivity index (χ1) is 7.93. The molecule has 17 heavy (non-hydrogen) atoms. The van der Waals surface area contributed by atoms with E-state index in [1.807, 2.05) is 13.0 Å². The van der Waals surface area contributed by atoms with Gasteiger partial charge >= 0.3 is 0 Å². The third-order valence-electron chi connectivity index (χ3n) is 2.83. The Labute approximate surface area is 103 Å². The summed E-state index contributed by atoms with van der Waals surface area (Å²) in [7, 11) is 3.22. The molecule has 0 bridgehead atoms. The second-order valence-electron chi connectivity index (χ2n) is 4.43. The summed E-state index contributed by atoms with van der Waals surface area (Å²) in [5.74, 6) is 1.67. The van der Waals surface area contributed by atoms with E-state index in [4.69, 9.17) is 9.47 Å². The van der Waals surface area contributed by atoms with Crippen LogP contribution >= 0.6 is 0 Å². The lowest BCUT2D eigenvalue weighted by molar-refractivity contribution is 0.101. The van der Waals surface area contributed by atoms with Crippen LogP contribution in [0.15, 0.2) is 6.07 Å². The summed E-state index contributed by atoms with van der Waals surface area (Å²) in [6.45, 7) is 7.56. The van der Waals surface area contributed by atoms with Crippen LogP contribution in [0.4, 0.5) is 0 Å². The van der Waals surface area contributed by atoms with Crippen LogP contribution in [0.3, 0.4) is 0 Å². The number of ketones is 1. The highest BCUT2D eigenvalue weighted by Gasteiger charge is 2.22. The highest BCUT2D eigenvalue weighted by atomic mass is 16.5. The fraction of sp³-hybridized carbons (Fsp3) is 0.500. The van der Waals surface area contributed by atoms with Crippen molar-refractivity contribution >= 4 is 5.78 Å². The van der Waals surface area contributed by atoms with Gasteiger partial charge in [-0.3, -0.25) is 4.79 Å². The number of hydrogen-bond donors (Lipinski definition) is 0. The van der Waals surface area contributed by atoms with E-state index in [0.29, 0.717) is 11.3 Å². The van der Waals surface area contributed by atoms with Gasteiger partial charge in [0.15, 0.2) is 5.78 Å². The van der Waals surface area contributed by atoms with E-state index < -0.39 is 0 Å². The molecular formula is C14H20O3. The molecule has 0 N–H and O–H groups in total. The Hall–Kier alpha value is -1.51. The quantitative estimate of drug-likeness (QED) is 0.752. The third kappa shape index (κ3) is 2.43. The Morgan fingerprint density at radius 3 is 2.18 bits per heavy atom. The highest BCUT2D eigenvalue weighted by molar-refractivity contribution is 5.99. The maximum absolute atomic E-state index is 11.7. The van der Waals surface area contributed by atoms with E-state index >= 15 is 0 Å². The van der Waals surface area contributed by atoms with Gasteiger partial charge in [0.25, 0.3) is 0 Å². The van der Waals surface area contributed by atoms with Gasteiger partial charge in [-0.25, -0.2) is 0 Å². The van der Waals surface area contributed by atoms with Crippen LogP contribution in [0.1, 0.15) is 48.2 Å². The van der Waals surface area contributed by atoms with Crippen molar-refractivity contribution < 1.29 is 14.3 Å². The van der Waals surface area contributed by atoms with E-state index in [2.05, 4.69) is 13.8 Å². The van der Waals surface area contributed by atoms with Crippen LogP contribution in [-0.2, 0) is 0 Å². The second kappa shape index (κ2) is 5.21.